The van der Waals surface area contributed by atoms with Crippen LogP contribution in [0.1, 0.15) is 18.4 Å². The Morgan fingerprint density at radius 3 is 3.00 bits per heavy atom. The van der Waals surface area contributed by atoms with Gasteiger partial charge >= 0.3 is 0 Å². The third-order valence-corrected chi connectivity index (χ3v) is 4.05. The maximum Gasteiger partial charge on any atom is 0.223 e. The van der Waals surface area contributed by atoms with Crippen LogP contribution in [0.2, 0.25) is 0 Å². The van der Waals surface area contributed by atoms with Crippen LogP contribution in [0.3, 0.4) is 0 Å². The summed E-state index contributed by atoms with van der Waals surface area (Å²) in [4.78, 5) is 11.5. The van der Waals surface area contributed by atoms with E-state index < -0.39 is 0 Å². The fourth-order valence-electron chi connectivity index (χ4n) is 3.03. The zero-order valence-electron chi connectivity index (χ0n) is 9.00. The number of nitrogens with one attached hydrogen (secondary N) is 1. The van der Waals surface area contributed by atoms with Gasteiger partial charge in [-0.3, -0.25) is 4.79 Å². The molecule has 2 fully saturated rings. The van der Waals surface area contributed by atoms with E-state index in [2.05, 4.69) is 5.32 Å². The van der Waals surface area contributed by atoms with Crippen LogP contribution in [0.15, 0.2) is 24.3 Å². The van der Waals surface area contributed by atoms with E-state index in [9.17, 15) is 9.18 Å². The molecule has 2 nitrogen and oxygen atoms in total. The van der Waals surface area contributed by atoms with E-state index in [0.29, 0.717) is 0 Å². The molecule has 2 aliphatic rings. The van der Waals surface area contributed by atoms with Crippen LogP contribution < -0.4 is 5.32 Å². The molecule has 0 bridgehead atoms. The average Bonchev–Trinajstić information content (AvgIpc) is 2.41. The Morgan fingerprint density at radius 2 is 2.38 bits per heavy atom. The number of fused-ring (bicyclic) bond motifs is 1. The lowest BCUT2D eigenvalue weighted by atomic mass is 9.59. The average molecular weight is 219 g/mol. The Labute approximate surface area is 93.9 Å². The summed E-state index contributed by atoms with van der Waals surface area (Å²) in [6.45, 7) is 0.757. The highest BCUT2D eigenvalue weighted by Crippen LogP contribution is 2.51. The zero-order chi connectivity index (χ0) is 11.2. The molecule has 1 N–H and O–H groups in total. The van der Waals surface area contributed by atoms with Crippen molar-refractivity contribution in [3.8, 4) is 0 Å². The predicted octanol–water partition coefficient (Wildman–Crippen LogP) is 1.89. The molecule has 0 aromatic heterocycles. The summed E-state index contributed by atoms with van der Waals surface area (Å²) >= 11 is 0. The molecular formula is C13H14FNO. The second-order valence-electron chi connectivity index (χ2n) is 4.98. The molecule has 0 radical (unpaired) electrons. The molecule has 0 spiro atoms. The van der Waals surface area contributed by atoms with Gasteiger partial charge in [-0.25, -0.2) is 4.39 Å². The van der Waals surface area contributed by atoms with Crippen LogP contribution in [0.5, 0.6) is 0 Å². The van der Waals surface area contributed by atoms with Gasteiger partial charge in [-0.05, 0) is 37.0 Å². The van der Waals surface area contributed by atoms with Gasteiger partial charge in [-0.15, -0.1) is 0 Å². The minimum atomic E-state index is -0.193. The Bertz CT molecular complexity index is 445. The van der Waals surface area contributed by atoms with Crippen molar-refractivity contribution in [2.45, 2.75) is 19.3 Å². The third kappa shape index (κ3) is 1.34. The number of rotatable bonds is 2. The van der Waals surface area contributed by atoms with E-state index in [1.807, 2.05) is 6.07 Å². The molecule has 1 heterocycles. The van der Waals surface area contributed by atoms with Gasteiger partial charge in [0.2, 0.25) is 5.91 Å². The van der Waals surface area contributed by atoms with Gasteiger partial charge in [0.05, 0.1) is 0 Å². The van der Waals surface area contributed by atoms with Crippen molar-refractivity contribution in [3.63, 3.8) is 0 Å². The normalized spacial score (nSPS) is 31.8. The van der Waals surface area contributed by atoms with Gasteiger partial charge < -0.3 is 5.32 Å². The van der Waals surface area contributed by atoms with Crippen molar-refractivity contribution in [2.24, 2.45) is 11.3 Å². The van der Waals surface area contributed by atoms with Crippen LogP contribution in [0.4, 0.5) is 4.39 Å². The van der Waals surface area contributed by atoms with Gasteiger partial charge in [-0.1, -0.05) is 12.1 Å². The highest BCUT2D eigenvalue weighted by Gasteiger charge is 2.54. The number of carbonyl (C=O) groups excluding carboxylic acids is 1. The summed E-state index contributed by atoms with van der Waals surface area (Å²) in [5.74, 6) is 0.153. The van der Waals surface area contributed by atoms with Crippen molar-refractivity contribution in [1.82, 2.24) is 5.32 Å². The molecule has 2 unspecified atom stereocenters. The topological polar surface area (TPSA) is 29.1 Å². The molecule has 16 heavy (non-hydrogen) atoms. The largest absolute Gasteiger partial charge is 0.355 e. The molecule has 1 saturated carbocycles. The number of hydrogen-bond acceptors (Lipinski definition) is 1. The fraction of sp³-hybridized carbons (Fsp3) is 0.462. The summed E-state index contributed by atoms with van der Waals surface area (Å²) in [6, 6.07) is 6.71. The molecule has 3 rings (SSSR count). The lowest BCUT2D eigenvalue weighted by Gasteiger charge is -2.42. The summed E-state index contributed by atoms with van der Waals surface area (Å²) < 4.78 is 13.1. The molecule has 1 aliphatic heterocycles. The van der Waals surface area contributed by atoms with Gasteiger partial charge in [0.25, 0.3) is 0 Å². The standard InChI is InChI=1S/C13H14FNO/c14-10-3-1-2-9(6-10)7-13-5-4-11(13)12(16)15-8-13/h1-3,6,11H,4-5,7-8H2,(H,15,16). The lowest BCUT2D eigenvalue weighted by molar-refractivity contribution is -0.127. The Morgan fingerprint density at radius 1 is 1.50 bits per heavy atom. The molecule has 1 saturated heterocycles. The number of carbonyl (C=O) groups is 1. The Kier molecular flexibility index (Phi) is 2.03. The predicted molar refractivity (Wildman–Crippen MR) is 58.3 cm³/mol. The molecule has 1 aliphatic carbocycles. The number of hydrogen-bond donors (Lipinski definition) is 1. The molecule has 1 amide bonds. The van der Waals surface area contributed by atoms with Gasteiger partial charge in [0.1, 0.15) is 5.82 Å². The molecular weight excluding hydrogens is 205 g/mol. The molecule has 1 aromatic carbocycles. The van der Waals surface area contributed by atoms with Crippen molar-refractivity contribution in [1.29, 1.82) is 0 Å². The minimum absolute atomic E-state index is 0.0743. The Balaban J connectivity index is 1.83. The van der Waals surface area contributed by atoms with E-state index >= 15 is 0 Å². The van der Waals surface area contributed by atoms with E-state index in [-0.39, 0.29) is 23.1 Å². The highest BCUT2D eigenvalue weighted by molar-refractivity contribution is 5.83. The summed E-state index contributed by atoms with van der Waals surface area (Å²) in [7, 11) is 0. The minimum Gasteiger partial charge on any atom is -0.355 e. The zero-order valence-corrected chi connectivity index (χ0v) is 9.00. The number of benzene rings is 1. The molecule has 84 valence electrons. The summed E-state index contributed by atoms with van der Waals surface area (Å²) in [6.07, 6.45) is 2.88. The molecule has 1 aromatic rings. The van der Waals surface area contributed by atoms with Crippen LogP contribution in [-0.4, -0.2) is 12.5 Å². The lowest BCUT2D eigenvalue weighted by Crippen LogP contribution is -2.42. The SMILES string of the molecule is O=C1NCC2(Cc3cccc(F)c3)CCC12. The van der Waals surface area contributed by atoms with Gasteiger partial charge in [0, 0.05) is 17.9 Å². The van der Waals surface area contributed by atoms with Crippen molar-refractivity contribution in [2.75, 3.05) is 6.54 Å². The van der Waals surface area contributed by atoms with E-state index in [4.69, 9.17) is 0 Å². The number of halogens is 1. The summed E-state index contributed by atoms with van der Waals surface area (Å²) in [5, 5.41) is 2.92. The van der Waals surface area contributed by atoms with Gasteiger partial charge in [-0.2, -0.15) is 0 Å². The van der Waals surface area contributed by atoms with E-state index in [1.54, 1.807) is 12.1 Å². The van der Waals surface area contributed by atoms with Crippen molar-refractivity contribution >= 4 is 5.91 Å². The van der Waals surface area contributed by atoms with Gasteiger partial charge in [0.15, 0.2) is 0 Å². The first-order valence-electron chi connectivity index (χ1n) is 5.72. The van der Waals surface area contributed by atoms with Crippen LogP contribution >= 0.6 is 0 Å². The highest BCUT2D eigenvalue weighted by atomic mass is 19.1. The first kappa shape index (κ1) is 9.82. The monoisotopic (exact) mass is 219 g/mol. The smallest absolute Gasteiger partial charge is 0.223 e. The van der Waals surface area contributed by atoms with Crippen LogP contribution in [0.25, 0.3) is 0 Å². The first-order valence-corrected chi connectivity index (χ1v) is 5.72. The van der Waals surface area contributed by atoms with Crippen LogP contribution in [0, 0.1) is 17.2 Å². The van der Waals surface area contributed by atoms with Crippen molar-refractivity contribution < 1.29 is 9.18 Å². The van der Waals surface area contributed by atoms with Crippen LogP contribution in [-0.2, 0) is 11.2 Å². The molecule has 2 atom stereocenters. The second kappa shape index (κ2) is 3.30. The third-order valence-electron chi connectivity index (χ3n) is 4.05. The molecule has 3 heteroatoms. The van der Waals surface area contributed by atoms with E-state index in [1.165, 1.54) is 6.07 Å². The van der Waals surface area contributed by atoms with Crippen molar-refractivity contribution in [3.05, 3.63) is 35.6 Å². The second-order valence-corrected chi connectivity index (χ2v) is 4.98. The maximum atomic E-state index is 13.1. The number of amides is 1. The quantitative estimate of drug-likeness (QED) is 0.808. The fourth-order valence-corrected chi connectivity index (χ4v) is 3.03. The Hall–Kier alpha value is -1.38. The summed E-state index contributed by atoms with van der Waals surface area (Å²) in [5.41, 5.74) is 1.08. The maximum absolute atomic E-state index is 13.1. The van der Waals surface area contributed by atoms with E-state index in [0.717, 1.165) is 31.4 Å². The first-order chi connectivity index (χ1) is 7.70.